The molecule has 0 N–H and O–H groups in total. The summed E-state index contributed by atoms with van der Waals surface area (Å²) < 4.78 is 10.3. The molecule has 0 unspecified atom stereocenters. The van der Waals surface area contributed by atoms with Crippen LogP contribution in [0.5, 0.6) is 0 Å². The lowest BCUT2D eigenvalue weighted by Gasteiger charge is -2.41. The van der Waals surface area contributed by atoms with Gasteiger partial charge < -0.3 is 14.3 Å². The fraction of sp³-hybridized carbons (Fsp3) is 0.579. The lowest BCUT2D eigenvalue weighted by Crippen LogP contribution is -2.54. The highest BCUT2D eigenvalue weighted by Gasteiger charge is 2.35. The lowest BCUT2D eigenvalue weighted by molar-refractivity contribution is -0.148. The van der Waals surface area contributed by atoms with Crippen molar-refractivity contribution in [3.63, 3.8) is 0 Å². The Labute approximate surface area is 149 Å². The first kappa shape index (κ1) is 19.4. The van der Waals surface area contributed by atoms with Crippen LogP contribution in [0.15, 0.2) is 29.4 Å². The van der Waals surface area contributed by atoms with E-state index in [9.17, 15) is 4.79 Å². The number of carbonyl (C=O) groups is 1. The number of benzene rings is 1. The van der Waals surface area contributed by atoms with Crippen LogP contribution in [-0.2, 0) is 19.1 Å². The standard InChI is InChI=1S/C19H28N2O4/c1-5-24-17(22)14-25-20-18(16-8-6-15(2)7-9-16)19(3,4)21-10-12-23-13-11-21/h6-9H,5,10-14H2,1-4H3/b20-18-. The zero-order chi connectivity index (χ0) is 18.3. The smallest absolute Gasteiger partial charge is 0.347 e. The lowest BCUT2D eigenvalue weighted by atomic mass is 9.89. The first-order valence-corrected chi connectivity index (χ1v) is 8.71. The maximum absolute atomic E-state index is 11.5. The summed E-state index contributed by atoms with van der Waals surface area (Å²) >= 11 is 0. The van der Waals surface area contributed by atoms with Gasteiger partial charge in [0, 0.05) is 18.7 Å². The minimum Gasteiger partial charge on any atom is -0.463 e. The number of oxime groups is 1. The molecule has 6 nitrogen and oxygen atoms in total. The Kier molecular flexibility index (Phi) is 6.96. The Morgan fingerprint density at radius 2 is 1.88 bits per heavy atom. The van der Waals surface area contributed by atoms with E-state index in [2.05, 4.69) is 23.9 Å². The van der Waals surface area contributed by atoms with Gasteiger partial charge in [-0.25, -0.2) is 4.79 Å². The van der Waals surface area contributed by atoms with Crippen LogP contribution in [0.2, 0.25) is 0 Å². The van der Waals surface area contributed by atoms with Gasteiger partial charge in [0.05, 0.1) is 25.4 Å². The van der Waals surface area contributed by atoms with Gasteiger partial charge in [0.25, 0.3) is 0 Å². The Morgan fingerprint density at radius 1 is 1.24 bits per heavy atom. The second-order valence-corrected chi connectivity index (χ2v) is 6.54. The number of esters is 1. The summed E-state index contributed by atoms with van der Waals surface area (Å²) in [6.45, 7) is 11.2. The van der Waals surface area contributed by atoms with Crippen molar-refractivity contribution in [1.82, 2.24) is 4.90 Å². The third kappa shape index (κ3) is 5.28. The van der Waals surface area contributed by atoms with Crippen molar-refractivity contribution >= 4 is 11.7 Å². The van der Waals surface area contributed by atoms with E-state index in [0.717, 1.165) is 24.4 Å². The molecule has 0 saturated carbocycles. The van der Waals surface area contributed by atoms with Crippen molar-refractivity contribution in [3.05, 3.63) is 35.4 Å². The van der Waals surface area contributed by atoms with E-state index in [1.165, 1.54) is 5.56 Å². The molecular weight excluding hydrogens is 320 g/mol. The van der Waals surface area contributed by atoms with Crippen LogP contribution in [-0.4, -0.2) is 61.6 Å². The molecular formula is C19H28N2O4. The molecule has 2 rings (SSSR count). The third-order valence-corrected chi connectivity index (χ3v) is 4.35. The monoisotopic (exact) mass is 348 g/mol. The van der Waals surface area contributed by atoms with Gasteiger partial charge in [0.1, 0.15) is 5.71 Å². The average Bonchev–Trinajstić information content (AvgIpc) is 2.61. The van der Waals surface area contributed by atoms with Gasteiger partial charge in [0.15, 0.2) is 0 Å². The van der Waals surface area contributed by atoms with E-state index in [4.69, 9.17) is 14.3 Å². The van der Waals surface area contributed by atoms with Gasteiger partial charge in [-0.1, -0.05) is 35.0 Å². The molecule has 6 heteroatoms. The van der Waals surface area contributed by atoms with Crippen molar-refractivity contribution in [1.29, 1.82) is 0 Å². The topological polar surface area (TPSA) is 60.4 Å². The second kappa shape index (κ2) is 8.97. The number of morpholine rings is 1. The molecule has 0 radical (unpaired) electrons. The van der Waals surface area contributed by atoms with Gasteiger partial charge in [-0.2, -0.15) is 0 Å². The highest BCUT2D eigenvalue weighted by atomic mass is 16.7. The molecule has 1 aliphatic heterocycles. The molecule has 1 saturated heterocycles. The Bertz CT molecular complexity index is 590. The van der Waals surface area contributed by atoms with E-state index >= 15 is 0 Å². The predicted octanol–water partition coefficient (Wildman–Crippen LogP) is 2.39. The van der Waals surface area contributed by atoms with Crippen molar-refractivity contribution in [2.24, 2.45) is 5.16 Å². The van der Waals surface area contributed by atoms with Gasteiger partial charge in [-0.05, 0) is 27.7 Å². The third-order valence-electron chi connectivity index (χ3n) is 4.35. The van der Waals surface area contributed by atoms with Crippen molar-refractivity contribution in [3.8, 4) is 0 Å². The molecule has 0 aliphatic carbocycles. The largest absolute Gasteiger partial charge is 0.463 e. The van der Waals surface area contributed by atoms with E-state index in [-0.39, 0.29) is 12.1 Å². The molecule has 0 amide bonds. The average molecular weight is 348 g/mol. The molecule has 0 atom stereocenters. The summed E-state index contributed by atoms with van der Waals surface area (Å²) in [4.78, 5) is 19.2. The Balaban J connectivity index is 2.24. The summed E-state index contributed by atoms with van der Waals surface area (Å²) in [6, 6.07) is 8.16. The summed E-state index contributed by atoms with van der Waals surface area (Å²) in [7, 11) is 0. The normalized spacial score (nSPS) is 16.6. The van der Waals surface area contributed by atoms with Crippen molar-refractivity contribution in [2.45, 2.75) is 33.2 Å². The van der Waals surface area contributed by atoms with Gasteiger partial charge >= 0.3 is 5.97 Å². The fourth-order valence-corrected chi connectivity index (χ4v) is 2.85. The molecule has 25 heavy (non-hydrogen) atoms. The van der Waals surface area contributed by atoms with E-state index in [1.54, 1.807) is 6.92 Å². The van der Waals surface area contributed by atoms with Crippen molar-refractivity contribution < 1.29 is 19.1 Å². The van der Waals surface area contributed by atoms with Crippen molar-refractivity contribution in [2.75, 3.05) is 39.5 Å². The molecule has 1 aromatic carbocycles. The maximum Gasteiger partial charge on any atom is 0.347 e. The summed E-state index contributed by atoms with van der Waals surface area (Å²) in [5.74, 6) is -0.418. The highest BCUT2D eigenvalue weighted by molar-refractivity contribution is 6.06. The van der Waals surface area contributed by atoms with Gasteiger partial charge in [-0.15, -0.1) is 0 Å². The van der Waals surface area contributed by atoms with Gasteiger partial charge in [0.2, 0.25) is 6.61 Å². The molecule has 0 bridgehead atoms. The summed E-state index contributed by atoms with van der Waals surface area (Å²) in [5, 5.41) is 4.33. The number of carbonyl (C=O) groups excluding carboxylic acids is 1. The van der Waals surface area contributed by atoms with Crippen LogP contribution >= 0.6 is 0 Å². The van der Waals surface area contributed by atoms with Crippen LogP contribution in [0.4, 0.5) is 0 Å². The number of rotatable bonds is 7. The summed E-state index contributed by atoms with van der Waals surface area (Å²) in [5.41, 5.74) is 2.60. The van der Waals surface area contributed by atoms with Crippen LogP contribution in [0.25, 0.3) is 0 Å². The van der Waals surface area contributed by atoms with E-state index < -0.39 is 5.97 Å². The number of nitrogens with zero attached hydrogens (tertiary/aromatic N) is 2. The zero-order valence-electron chi connectivity index (χ0n) is 15.6. The van der Waals surface area contributed by atoms with Crippen LogP contribution in [0, 0.1) is 6.92 Å². The zero-order valence-corrected chi connectivity index (χ0v) is 15.6. The fourth-order valence-electron chi connectivity index (χ4n) is 2.85. The molecule has 1 fully saturated rings. The Hall–Kier alpha value is -1.92. The summed E-state index contributed by atoms with van der Waals surface area (Å²) in [6.07, 6.45) is 0. The Morgan fingerprint density at radius 3 is 2.48 bits per heavy atom. The van der Waals surface area contributed by atoms with Crippen LogP contribution < -0.4 is 0 Å². The number of hydrogen-bond donors (Lipinski definition) is 0. The molecule has 1 aromatic rings. The number of aryl methyl sites for hydroxylation is 1. The minimum atomic E-state index is -0.418. The minimum absolute atomic E-state index is 0.192. The first-order valence-electron chi connectivity index (χ1n) is 8.71. The second-order valence-electron chi connectivity index (χ2n) is 6.54. The number of ether oxygens (including phenoxy) is 2. The molecule has 0 aromatic heterocycles. The maximum atomic E-state index is 11.5. The molecule has 1 aliphatic rings. The van der Waals surface area contributed by atoms with Crippen LogP contribution in [0.3, 0.4) is 0 Å². The van der Waals surface area contributed by atoms with E-state index in [0.29, 0.717) is 19.8 Å². The molecule has 1 heterocycles. The number of hydrogen-bond acceptors (Lipinski definition) is 6. The predicted molar refractivity (Wildman–Crippen MR) is 96.8 cm³/mol. The highest BCUT2D eigenvalue weighted by Crippen LogP contribution is 2.23. The molecule has 138 valence electrons. The SMILES string of the molecule is CCOC(=O)CO/N=C(/c1ccc(C)cc1)C(C)(C)N1CCOCC1. The van der Waals surface area contributed by atoms with E-state index in [1.807, 2.05) is 31.2 Å². The molecule has 0 spiro atoms. The van der Waals surface area contributed by atoms with Gasteiger partial charge in [-0.3, -0.25) is 4.90 Å². The van der Waals surface area contributed by atoms with Crippen LogP contribution in [0.1, 0.15) is 31.9 Å². The first-order chi connectivity index (χ1) is 11.9. The quantitative estimate of drug-likeness (QED) is 0.430.